The van der Waals surface area contributed by atoms with Crippen molar-refractivity contribution < 1.29 is 14.0 Å². The number of rotatable bonds is 7. The van der Waals surface area contributed by atoms with Gasteiger partial charge < -0.3 is 10.6 Å². The van der Waals surface area contributed by atoms with Crippen LogP contribution in [-0.2, 0) is 9.59 Å². The van der Waals surface area contributed by atoms with E-state index in [0.29, 0.717) is 35.9 Å². The van der Waals surface area contributed by atoms with E-state index in [9.17, 15) is 14.0 Å². The molecule has 1 saturated carbocycles. The van der Waals surface area contributed by atoms with Gasteiger partial charge in [-0.1, -0.05) is 0 Å². The number of anilines is 1. The van der Waals surface area contributed by atoms with E-state index in [4.69, 9.17) is 0 Å². The Balaban J connectivity index is 1.43. The van der Waals surface area contributed by atoms with Crippen molar-refractivity contribution in [2.24, 2.45) is 5.92 Å². The molecule has 3 rings (SSSR count). The van der Waals surface area contributed by atoms with Crippen LogP contribution in [0.25, 0.3) is 11.4 Å². The highest BCUT2D eigenvalue weighted by atomic mass is 32.1. The third-order valence-corrected chi connectivity index (χ3v) is 4.23. The third kappa shape index (κ3) is 4.58. The highest BCUT2D eigenvalue weighted by Crippen LogP contribution is 2.28. The molecule has 1 aliphatic rings. The van der Waals surface area contributed by atoms with Crippen LogP contribution in [0.3, 0.4) is 0 Å². The van der Waals surface area contributed by atoms with Crippen LogP contribution < -0.4 is 10.6 Å². The predicted octanol–water partition coefficient (Wildman–Crippen LogP) is 2.59. The molecule has 2 aromatic rings. The monoisotopic (exact) mass is 348 g/mol. The summed E-state index contributed by atoms with van der Waals surface area (Å²) in [5, 5.41) is 5.91. The zero-order valence-electron chi connectivity index (χ0n) is 12.9. The summed E-state index contributed by atoms with van der Waals surface area (Å²) in [5.41, 5.74) is 0.691. The van der Waals surface area contributed by atoms with Crippen molar-refractivity contribution in [2.45, 2.75) is 25.7 Å². The molecule has 8 heteroatoms. The minimum atomic E-state index is -0.323. The van der Waals surface area contributed by atoms with Gasteiger partial charge in [-0.15, -0.1) is 0 Å². The third-order valence-electron chi connectivity index (χ3n) is 3.60. The molecule has 1 aliphatic carbocycles. The standard InChI is InChI=1S/C16H17FN4O2S/c17-12-7-5-10(6-8-12)14-20-16(24-21-14)19-13(22)2-1-9-18-15(23)11-3-4-11/h5-8,11H,1-4,9H2,(H,18,23)(H,19,20,21,22). The molecule has 0 spiro atoms. The van der Waals surface area contributed by atoms with Crippen LogP contribution in [0.5, 0.6) is 0 Å². The lowest BCUT2D eigenvalue weighted by Gasteiger charge is -2.04. The fourth-order valence-electron chi connectivity index (χ4n) is 2.12. The molecule has 1 aromatic carbocycles. The molecule has 1 fully saturated rings. The molecule has 0 unspecified atom stereocenters. The molecule has 126 valence electrons. The van der Waals surface area contributed by atoms with Crippen molar-refractivity contribution in [3.8, 4) is 11.4 Å². The molecule has 24 heavy (non-hydrogen) atoms. The Labute approximate surface area is 142 Å². The number of carbonyl (C=O) groups is 2. The smallest absolute Gasteiger partial charge is 0.226 e. The molecule has 1 heterocycles. The highest BCUT2D eigenvalue weighted by Gasteiger charge is 2.28. The maximum Gasteiger partial charge on any atom is 0.226 e. The Morgan fingerprint density at radius 3 is 2.71 bits per heavy atom. The van der Waals surface area contributed by atoms with Gasteiger partial charge in [-0.05, 0) is 43.5 Å². The molecular formula is C16H17FN4O2S. The molecule has 0 atom stereocenters. The summed E-state index contributed by atoms with van der Waals surface area (Å²) in [6.07, 6.45) is 2.82. The first-order valence-electron chi connectivity index (χ1n) is 7.79. The minimum absolute atomic E-state index is 0.0865. The molecule has 0 aliphatic heterocycles. The first-order valence-corrected chi connectivity index (χ1v) is 8.56. The van der Waals surface area contributed by atoms with Gasteiger partial charge in [-0.25, -0.2) is 4.39 Å². The Bertz CT molecular complexity index is 728. The number of hydrogen-bond donors (Lipinski definition) is 2. The summed E-state index contributed by atoms with van der Waals surface area (Å²) in [7, 11) is 0. The fourth-order valence-corrected chi connectivity index (χ4v) is 2.73. The highest BCUT2D eigenvalue weighted by molar-refractivity contribution is 7.10. The van der Waals surface area contributed by atoms with Crippen LogP contribution in [0.2, 0.25) is 0 Å². The van der Waals surface area contributed by atoms with Gasteiger partial charge in [0.25, 0.3) is 0 Å². The van der Waals surface area contributed by atoms with E-state index in [1.807, 2.05) is 0 Å². The summed E-state index contributed by atoms with van der Waals surface area (Å²) in [6, 6.07) is 5.85. The van der Waals surface area contributed by atoms with Gasteiger partial charge in [0.05, 0.1) is 0 Å². The average molecular weight is 348 g/mol. The van der Waals surface area contributed by atoms with Gasteiger partial charge in [-0.2, -0.15) is 9.36 Å². The first kappa shape index (κ1) is 16.5. The van der Waals surface area contributed by atoms with E-state index in [0.717, 1.165) is 24.4 Å². The van der Waals surface area contributed by atoms with E-state index < -0.39 is 0 Å². The van der Waals surface area contributed by atoms with Gasteiger partial charge in [0.1, 0.15) is 5.82 Å². The van der Waals surface area contributed by atoms with Crippen LogP contribution >= 0.6 is 11.5 Å². The summed E-state index contributed by atoms with van der Waals surface area (Å²) < 4.78 is 17.1. The lowest BCUT2D eigenvalue weighted by atomic mass is 10.2. The largest absolute Gasteiger partial charge is 0.356 e. The number of hydrogen-bond acceptors (Lipinski definition) is 5. The number of halogens is 1. The van der Waals surface area contributed by atoms with Gasteiger partial charge >= 0.3 is 0 Å². The Morgan fingerprint density at radius 1 is 1.25 bits per heavy atom. The molecule has 2 N–H and O–H groups in total. The SMILES string of the molecule is O=C(CCCNC(=O)C1CC1)Nc1nc(-c2ccc(F)cc2)ns1. The van der Waals surface area contributed by atoms with Crippen molar-refractivity contribution in [2.75, 3.05) is 11.9 Å². The number of nitrogens with zero attached hydrogens (tertiary/aromatic N) is 2. The van der Waals surface area contributed by atoms with Crippen molar-refractivity contribution in [3.05, 3.63) is 30.1 Å². The van der Waals surface area contributed by atoms with Gasteiger partial charge in [0.2, 0.25) is 16.9 Å². The summed E-state index contributed by atoms with van der Waals surface area (Å²) in [6.45, 7) is 0.500. The molecule has 0 bridgehead atoms. The van der Waals surface area contributed by atoms with Crippen LogP contribution in [-0.4, -0.2) is 27.7 Å². The molecule has 1 aromatic heterocycles. The van der Waals surface area contributed by atoms with Crippen LogP contribution in [0.4, 0.5) is 9.52 Å². The van der Waals surface area contributed by atoms with E-state index in [1.54, 1.807) is 12.1 Å². The first-order chi connectivity index (χ1) is 11.6. The predicted molar refractivity (Wildman–Crippen MR) is 88.9 cm³/mol. The summed E-state index contributed by atoms with van der Waals surface area (Å²) in [5.74, 6) is 0.231. The topological polar surface area (TPSA) is 84.0 Å². The number of nitrogens with one attached hydrogen (secondary N) is 2. The Hall–Kier alpha value is -2.35. The van der Waals surface area contributed by atoms with E-state index >= 15 is 0 Å². The number of carbonyl (C=O) groups excluding carboxylic acids is 2. The molecule has 6 nitrogen and oxygen atoms in total. The van der Waals surface area contributed by atoms with Crippen molar-refractivity contribution in [1.29, 1.82) is 0 Å². The fraction of sp³-hybridized carbons (Fsp3) is 0.375. The molecule has 0 saturated heterocycles. The molecular weight excluding hydrogens is 331 g/mol. The van der Waals surface area contributed by atoms with Crippen molar-refractivity contribution >= 4 is 28.5 Å². The zero-order valence-corrected chi connectivity index (χ0v) is 13.7. The molecule has 2 amide bonds. The minimum Gasteiger partial charge on any atom is -0.356 e. The number of benzene rings is 1. The van der Waals surface area contributed by atoms with Crippen LogP contribution in [0.15, 0.2) is 24.3 Å². The Morgan fingerprint density at radius 2 is 2.00 bits per heavy atom. The summed E-state index contributed by atoms with van der Waals surface area (Å²) in [4.78, 5) is 27.5. The van der Waals surface area contributed by atoms with Gasteiger partial charge in [0.15, 0.2) is 5.82 Å². The lowest BCUT2D eigenvalue weighted by molar-refractivity contribution is -0.122. The maximum atomic E-state index is 12.9. The second-order valence-corrected chi connectivity index (χ2v) is 6.40. The van der Waals surface area contributed by atoms with Crippen LogP contribution in [0.1, 0.15) is 25.7 Å². The van der Waals surface area contributed by atoms with E-state index in [1.165, 1.54) is 12.1 Å². The lowest BCUT2D eigenvalue weighted by Crippen LogP contribution is -2.26. The number of amides is 2. The maximum absolute atomic E-state index is 12.9. The van der Waals surface area contributed by atoms with Crippen LogP contribution in [0, 0.1) is 11.7 Å². The van der Waals surface area contributed by atoms with Crippen molar-refractivity contribution in [1.82, 2.24) is 14.7 Å². The van der Waals surface area contributed by atoms with Gasteiger partial charge in [0, 0.05) is 36.0 Å². The number of aromatic nitrogens is 2. The second-order valence-electron chi connectivity index (χ2n) is 5.65. The van der Waals surface area contributed by atoms with Crippen molar-refractivity contribution in [3.63, 3.8) is 0 Å². The van der Waals surface area contributed by atoms with E-state index in [2.05, 4.69) is 20.0 Å². The Kier molecular flexibility index (Phi) is 5.14. The second kappa shape index (κ2) is 7.48. The quantitative estimate of drug-likeness (QED) is 0.753. The van der Waals surface area contributed by atoms with E-state index in [-0.39, 0.29) is 23.5 Å². The zero-order chi connectivity index (χ0) is 16.9. The molecule has 0 radical (unpaired) electrons. The average Bonchev–Trinajstić information content (AvgIpc) is 3.32. The van der Waals surface area contributed by atoms with Gasteiger partial charge in [-0.3, -0.25) is 9.59 Å². The normalized spacial score (nSPS) is 13.5. The summed E-state index contributed by atoms with van der Waals surface area (Å²) >= 11 is 1.08.